The summed E-state index contributed by atoms with van der Waals surface area (Å²) in [6.07, 6.45) is 0.125. The highest BCUT2D eigenvalue weighted by Gasteiger charge is 2.24. The Morgan fingerprint density at radius 1 is 1.07 bits per heavy atom. The molecule has 4 N–H and O–H groups in total. The summed E-state index contributed by atoms with van der Waals surface area (Å²) in [6.45, 7) is 0. The number of hydrogen-bond acceptors (Lipinski definition) is 6. The van der Waals surface area contributed by atoms with Crippen LogP contribution in [0, 0.1) is 0 Å². The van der Waals surface area contributed by atoms with Gasteiger partial charge in [0.2, 0.25) is 10.0 Å². The van der Waals surface area contributed by atoms with Crippen LogP contribution in [-0.4, -0.2) is 36.3 Å². The summed E-state index contributed by atoms with van der Waals surface area (Å²) in [6, 6.07) is 13.9. The van der Waals surface area contributed by atoms with Gasteiger partial charge in [-0.05, 0) is 17.7 Å². The third kappa shape index (κ3) is 3.71. The van der Waals surface area contributed by atoms with E-state index in [1.807, 2.05) is 6.07 Å². The van der Waals surface area contributed by atoms with E-state index in [9.17, 15) is 23.4 Å². The van der Waals surface area contributed by atoms with E-state index in [1.165, 1.54) is 18.2 Å². The second-order valence-corrected chi connectivity index (χ2v) is 7.59. The highest BCUT2D eigenvalue weighted by atomic mass is 32.2. The molecule has 0 saturated heterocycles. The zero-order valence-electron chi connectivity index (χ0n) is 14.9. The van der Waals surface area contributed by atoms with E-state index in [0.29, 0.717) is 0 Å². The van der Waals surface area contributed by atoms with Gasteiger partial charge in [-0.2, -0.15) is 0 Å². The molecule has 0 amide bonds. The molecule has 0 bridgehead atoms. The van der Waals surface area contributed by atoms with Crippen LogP contribution >= 0.6 is 0 Å². The third-order valence-electron chi connectivity index (χ3n) is 4.22. The smallest absolute Gasteiger partial charge is 0.337 e. The number of sulfonamides is 1. The molecule has 1 heterocycles. The first kappa shape index (κ1) is 19.5. The first-order valence-electron chi connectivity index (χ1n) is 8.14. The predicted octanol–water partition coefficient (Wildman–Crippen LogP) is 1.91. The standard InChI is InChI=1S/C19H18N2O6S/c1-27-19(24)13-10-15(21-17(22)7-8-18(21)23)14(16(11-13)28(20,25)26)9-12-5-3-2-4-6-12/h2-8,10-11,22-23H,9H2,1H3,(H2,20,25,26). The van der Waals surface area contributed by atoms with Crippen molar-refractivity contribution in [2.45, 2.75) is 11.3 Å². The Labute approximate surface area is 161 Å². The number of methoxy groups -OCH3 is 1. The van der Waals surface area contributed by atoms with Crippen LogP contribution in [0.1, 0.15) is 21.5 Å². The number of benzene rings is 2. The van der Waals surface area contributed by atoms with Crippen molar-refractivity contribution in [1.82, 2.24) is 4.57 Å². The largest absolute Gasteiger partial charge is 0.494 e. The molecule has 0 saturated carbocycles. The first-order valence-corrected chi connectivity index (χ1v) is 9.69. The van der Waals surface area contributed by atoms with Gasteiger partial charge in [0.25, 0.3) is 0 Å². The maximum Gasteiger partial charge on any atom is 0.337 e. The zero-order chi connectivity index (χ0) is 20.5. The monoisotopic (exact) mass is 402 g/mol. The number of rotatable bonds is 5. The molecule has 3 aromatic rings. The van der Waals surface area contributed by atoms with Gasteiger partial charge in [0.15, 0.2) is 11.8 Å². The Hall–Kier alpha value is -3.30. The van der Waals surface area contributed by atoms with Crippen molar-refractivity contribution < 1.29 is 28.2 Å². The number of primary sulfonamides is 1. The number of carbonyl (C=O) groups excluding carboxylic acids is 1. The summed E-state index contributed by atoms with van der Waals surface area (Å²) in [4.78, 5) is 11.8. The number of nitrogens with two attached hydrogens (primary N) is 1. The number of aromatic hydroxyl groups is 2. The molecule has 0 fully saturated rings. The van der Waals surface area contributed by atoms with Crippen molar-refractivity contribution in [2.24, 2.45) is 5.14 Å². The van der Waals surface area contributed by atoms with Crippen LogP contribution in [0.4, 0.5) is 0 Å². The summed E-state index contributed by atoms with van der Waals surface area (Å²) >= 11 is 0. The van der Waals surface area contributed by atoms with Crippen LogP contribution in [0.15, 0.2) is 59.5 Å². The molecule has 9 heteroatoms. The number of ether oxygens (including phenoxy) is 1. The molecule has 0 atom stereocenters. The maximum atomic E-state index is 12.3. The molecule has 8 nitrogen and oxygen atoms in total. The van der Waals surface area contributed by atoms with Crippen molar-refractivity contribution in [3.63, 3.8) is 0 Å². The Bertz CT molecular complexity index is 1120. The van der Waals surface area contributed by atoms with Gasteiger partial charge >= 0.3 is 5.97 Å². The van der Waals surface area contributed by atoms with Crippen molar-refractivity contribution in [3.8, 4) is 17.4 Å². The van der Waals surface area contributed by atoms with Crippen LogP contribution < -0.4 is 5.14 Å². The molecule has 0 unspecified atom stereocenters. The second-order valence-electron chi connectivity index (χ2n) is 6.06. The van der Waals surface area contributed by atoms with Crippen molar-refractivity contribution in [2.75, 3.05) is 7.11 Å². The SMILES string of the molecule is COC(=O)c1cc(-n2c(O)ccc2O)c(Cc2ccccc2)c(S(N)(=O)=O)c1. The lowest BCUT2D eigenvalue weighted by atomic mass is 10.0. The highest BCUT2D eigenvalue weighted by Crippen LogP contribution is 2.34. The van der Waals surface area contributed by atoms with Gasteiger partial charge in [0.05, 0.1) is 23.3 Å². The van der Waals surface area contributed by atoms with Crippen LogP contribution in [0.5, 0.6) is 11.8 Å². The van der Waals surface area contributed by atoms with E-state index in [2.05, 4.69) is 4.74 Å². The Kier molecular flexibility index (Phi) is 5.12. The number of esters is 1. The summed E-state index contributed by atoms with van der Waals surface area (Å²) in [7, 11) is -3.09. The summed E-state index contributed by atoms with van der Waals surface area (Å²) in [5.41, 5.74) is 0.982. The lowest BCUT2D eigenvalue weighted by Crippen LogP contribution is -2.18. The lowest BCUT2D eigenvalue weighted by molar-refractivity contribution is 0.0600. The first-order chi connectivity index (χ1) is 13.2. The minimum atomic E-state index is -4.24. The molecule has 0 aliphatic heterocycles. The van der Waals surface area contributed by atoms with Gasteiger partial charge in [-0.3, -0.25) is 4.57 Å². The van der Waals surface area contributed by atoms with Crippen LogP contribution in [0.25, 0.3) is 5.69 Å². The van der Waals surface area contributed by atoms with Crippen molar-refractivity contribution in [1.29, 1.82) is 0 Å². The van der Waals surface area contributed by atoms with E-state index in [-0.39, 0.29) is 39.9 Å². The number of carbonyl (C=O) groups is 1. The summed E-state index contributed by atoms with van der Waals surface area (Å²) in [5, 5.41) is 25.7. The van der Waals surface area contributed by atoms with Crippen LogP contribution in [-0.2, 0) is 21.2 Å². The summed E-state index contributed by atoms with van der Waals surface area (Å²) < 4.78 is 30.3. The zero-order valence-corrected chi connectivity index (χ0v) is 15.7. The summed E-state index contributed by atoms with van der Waals surface area (Å²) in [5.74, 6) is -1.47. The lowest BCUT2D eigenvalue weighted by Gasteiger charge is -2.18. The molecule has 0 radical (unpaired) electrons. The molecule has 0 aliphatic carbocycles. The van der Waals surface area contributed by atoms with Crippen LogP contribution in [0.3, 0.4) is 0 Å². The van der Waals surface area contributed by atoms with E-state index >= 15 is 0 Å². The average molecular weight is 402 g/mol. The van der Waals surface area contributed by atoms with Gasteiger partial charge < -0.3 is 14.9 Å². The minimum absolute atomic E-state index is 0.0918. The fourth-order valence-electron chi connectivity index (χ4n) is 2.96. The molecule has 2 aromatic carbocycles. The average Bonchev–Trinajstić information content (AvgIpc) is 2.99. The highest BCUT2D eigenvalue weighted by molar-refractivity contribution is 7.89. The molecular weight excluding hydrogens is 384 g/mol. The number of aromatic nitrogens is 1. The molecule has 28 heavy (non-hydrogen) atoms. The molecule has 146 valence electrons. The Morgan fingerprint density at radius 3 is 2.21 bits per heavy atom. The number of nitrogens with zero attached hydrogens (tertiary/aromatic N) is 1. The quantitative estimate of drug-likeness (QED) is 0.559. The van der Waals surface area contributed by atoms with Gasteiger partial charge in [0.1, 0.15) is 0 Å². The number of hydrogen-bond donors (Lipinski definition) is 3. The molecule has 0 spiro atoms. The van der Waals surface area contributed by atoms with Gasteiger partial charge in [0, 0.05) is 24.1 Å². The second kappa shape index (κ2) is 7.37. The third-order valence-corrected chi connectivity index (χ3v) is 5.19. The van der Waals surface area contributed by atoms with Gasteiger partial charge in [-0.1, -0.05) is 30.3 Å². The Balaban J connectivity index is 2.38. The van der Waals surface area contributed by atoms with Crippen molar-refractivity contribution >= 4 is 16.0 Å². The Morgan fingerprint density at radius 2 is 1.68 bits per heavy atom. The predicted molar refractivity (Wildman–Crippen MR) is 101 cm³/mol. The maximum absolute atomic E-state index is 12.3. The van der Waals surface area contributed by atoms with E-state index in [1.54, 1.807) is 24.3 Å². The normalized spacial score (nSPS) is 11.4. The van der Waals surface area contributed by atoms with Crippen LogP contribution in [0.2, 0.25) is 0 Å². The van der Waals surface area contributed by atoms with Crippen molar-refractivity contribution in [3.05, 3.63) is 71.3 Å². The molecule has 0 aliphatic rings. The van der Waals surface area contributed by atoms with E-state index in [4.69, 9.17) is 5.14 Å². The fourth-order valence-corrected chi connectivity index (χ4v) is 3.77. The molecular formula is C19H18N2O6S. The molecule has 1 aromatic heterocycles. The fraction of sp³-hybridized carbons (Fsp3) is 0.105. The minimum Gasteiger partial charge on any atom is -0.494 e. The van der Waals surface area contributed by atoms with E-state index < -0.39 is 16.0 Å². The topological polar surface area (TPSA) is 132 Å². The van der Waals surface area contributed by atoms with Gasteiger partial charge in [-0.25, -0.2) is 18.4 Å². The van der Waals surface area contributed by atoms with E-state index in [0.717, 1.165) is 23.3 Å². The molecule has 3 rings (SSSR count). The van der Waals surface area contributed by atoms with Gasteiger partial charge in [-0.15, -0.1) is 0 Å².